The summed E-state index contributed by atoms with van der Waals surface area (Å²) in [5.41, 5.74) is 5.29. The van der Waals surface area contributed by atoms with Gasteiger partial charge in [0.15, 0.2) is 0 Å². The number of hydrogen-bond acceptors (Lipinski definition) is 9. The molecule has 10 nitrogen and oxygen atoms in total. The molecule has 2 aromatic heterocycles. The van der Waals surface area contributed by atoms with Gasteiger partial charge in [-0.3, -0.25) is 14.9 Å². The quantitative estimate of drug-likeness (QED) is 0.118. The van der Waals surface area contributed by atoms with Gasteiger partial charge in [0, 0.05) is 54.7 Å². The Labute approximate surface area is 253 Å². The largest absolute Gasteiger partial charge is 0.388 e. The van der Waals surface area contributed by atoms with E-state index in [4.69, 9.17) is 14.8 Å². The van der Waals surface area contributed by atoms with Gasteiger partial charge in [-0.25, -0.2) is 0 Å². The first-order valence-electron chi connectivity index (χ1n) is 14.6. The Kier molecular flexibility index (Phi) is 11.6. The maximum atomic E-state index is 9.06. The Bertz CT molecular complexity index is 1550. The molecule has 4 aromatic rings. The number of pyridine rings is 1. The number of fused-ring (bicyclic) bond motifs is 1. The summed E-state index contributed by atoms with van der Waals surface area (Å²) in [7, 11) is 1.93. The number of allylic oxidation sites excluding steroid dienone is 1. The lowest BCUT2D eigenvalue weighted by Crippen LogP contribution is -2.18. The smallest absolute Gasteiger partial charge is 0.226 e. The zero-order valence-electron chi connectivity index (χ0n) is 25.1. The molecule has 1 aliphatic heterocycles. The van der Waals surface area contributed by atoms with E-state index in [0.717, 1.165) is 70.7 Å². The summed E-state index contributed by atoms with van der Waals surface area (Å²) in [4.78, 5) is 23.3. The van der Waals surface area contributed by atoms with Gasteiger partial charge in [0.2, 0.25) is 5.95 Å². The van der Waals surface area contributed by atoms with Crippen LogP contribution in [0.3, 0.4) is 0 Å². The molecule has 5 rings (SSSR count). The SMILES string of the molecule is C=CC=O.CNc1ccc2c(-c3ccccc3CNc3nc(NCC4CCNC4)ncn[nH]cc3C(C)C)nccc2c1. The topological polar surface area (TPSA) is 133 Å². The van der Waals surface area contributed by atoms with Gasteiger partial charge < -0.3 is 21.3 Å². The zero-order chi connectivity index (χ0) is 30.4. The van der Waals surface area contributed by atoms with Crippen molar-refractivity contribution in [3.8, 4) is 11.3 Å². The highest BCUT2D eigenvalue weighted by atomic mass is 16.1. The van der Waals surface area contributed by atoms with Crippen LogP contribution in [-0.2, 0) is 11.3 Å². The average molecular weight is 580 g/mol. The van der Waals surface area contributed by atoms with Crippen LogP contribution >= 0.6 is 0 Å². The van der Waals surface area contributed by atoms with Crippen molar-refractivity contribution in [2.24, 2.45) is 5.92 Å². The van der Waals surface area contributed by atoms with Crippen LogP contribution in [0.2, 0.25) is 0 Å². The van der Waals surface area contributed by atoms with Gasteiger partial charge in [-0.1, -0.05) is 50.8 Å². The molecule has 5 N–H and O–H groups in total. The van der Waals surface area contributed by atoms with Crippen LogP contribution in [0.15, 0.2) is 79.9 Å². The molecule has 0 amide bonds. The zero-order valence-corrected chi connectivity index (χ0v) is 25.1. The number of carbonyl (C=O) groups excluding carboxylic acids is 1. The monoisotopic (exact) mass is 579 g/mol. The average Bonchev–Trinajstić information content (AvgIpc) is 3.59. The van der Waals surface area contributed by atoms with Crippen LogP contribution in [0, 0.1) is 5.92 Å². The lowest BCUT2D eigenvalue weighted by Gasteiger charge is -2.16. The summed E-state index contributed by atoms with van der Waals surface area (Å²) < 4.78 is 0. The van der Waals surface area contributed by atoms with E-state index in [0.29, 0.717) is 24.7 Å². The van der Waals surface area contributed by atoms with E-state index in [9.17, 15) is 0 Å². The van der Waals surface area contributed by atoms with Gasteiger partial charge in [-0.05, 0) is 66.6 Å². The molecule has 0 spiro atoms. The summed E-state index contributed by atoms with van der Waals surface area (Å²) >= 11 is 0. The fourth-order valence-corrected chi connectivity index (χ4v) is 4.92. The summed E-state index contributed by atoms with van der Waals surface area (Å²) in [5.74, 6) is 2.09. The van der Waals surface area contributed by atoms with E-state index in [-0.39, 0.29) is 5.92 Å². The molecule has 1 fully saturated rings. The van der Waals surface area contributed by atoms with Crippen molar-refractivity contribution in [2.75, 3.05) is 42.6 Å². The summed E-state index contributed by atoms with van der Waals surface area (Å²) in [5, 5.41) is 23.1. The Morgan fingerprint density at radius 3 is 2.70 bits per heavy atom. The third-order valence-electron chi connectivity index (χ3n) is 7.22. The third-order valence-corrected chi connectivity index (χ3v) is 7.22. The molecule has 0 bridgehead atoms. The number of nitrogens with one attached hydrogen (secondary N) is 5. The predicted octanol–water partition coefficient (Wildman–Crippen LogP) is 5.71. The summed E-state index contributed by atoms with van der Waals surface area (Å²) in [6.45, 7) is 10.9. The second-order valence-electron chi connectivity index (χ2n) is 10.5. The Hall–Kier alpha value is -4.83. The molecular weight excluding hydrogens is 538 g/mol. The number of H-pyrrole nitrogens is 1. The van der Waals surface area contributed by atoms with Crippen molar-refractivity contribution < 1.29 is 4.79 Å². The first-order chi connectivity index (χ1) is 21.0. The van der Waals surface area contributed by atoms with Crippen molar-refractivity contribution in [3.63, 3.8) is 0 Å². The molecule has 0 saturated carbocycles. The van der Waals surface area contributed by atoms with Gasteiger partial charge in [-0.15, -0.1) is 0 Å². The number of aromatic nitrogens is 5. The van der Waals surface area contributed by atoms with Crippen LogP contribution in [0.25, 0.3) is 22.0 Å². The number of benzene rings is 2. The number of rotatable bonds is 10. The van der Waals surface area contributed by atoms with Crippen LogP contribution in [-0.4, -0.2) is 58.1 Å². The van der Waals surface area contributed by atoms with Crippen molar-refractivity contribution in [1.82, 2.24) is 30.5 Å². The fraction of sp³-hybridized carbons (Fsp3) is 0.303. The first kappa shape index (κ1) is 31.1. The van der Waals surface area contributed by atoms with Gasteiger partial charge in [0.05, 0.1) is 5.69 Å². The number of aromatic amines is 1. The number of nitrogens with zero attached hydrogens (tertiary/aromatic N) is 4. The number of hydrogen-bond donors (Lipinski definition) is 5. The second-order valence-corrected chi connectivity index (χ2v) is 10.5. The maximum Gasteiger partial charge on any atom is 0.226 e. The molecule has 1 unspecified atom stereocenters. The molecule has 0 aliphatic carbocycles. The van der Waals surface area contributed by atoms with Crippen LogP contribution < -0.4 is 21.3 Å². The Morgan fingerprint density at radius 2 is 1.95 bits per heavy atom. The Morgan fingerprint density at radius 1 is 1.12 bits per heavy atom. The third kappa shape index (κ3) is 8.59. The van der Waals surface area contributed by atoms with Crippen LogP contribution in [0.1, 0.15) is 37.3 Å². The molecule has 43 heavy (non-hydrogen) atoms. The summed E-state index contributed by atoms with van der Waals surface area (Å²) in [6, 6.07) is 16.8. The van der Waals surface area contributed by atoms with E-state index in [1.807, 2.05) is 19.4 Å². The van der Waals surface area contributed by atoms with Crippen molar-refractivity contribution in [3.05, 3.63) is 91.0 Å². The van der Waals surface area contributed by atoms with E-state index in [2.05, 4.69) is 105 Å². The van der Waals surface area contributed by atoms with E-state index < -0.39 is 0 Å². The van der Waals surface area contributed by atoms with Gasteiger partial charge in [0.1, 0.15) is 18.4 Å². The first-order valence-corrected chi connectivity index (χ1v) is 14.6. The maximum absolute atomic E-state index is 9.06. The lowest BCUT2D eigenvalue weighted by atomic mass is 9.99. The molecule has 1 atom stereocenters. The fourth-order valence-electron chi connectivity index (χ4n) is 4.92. The molecule has 1 aliphatic rings. The molecule has 10 heteroatoms. The minimum absolute atomic E-state index is 0.216. The molecule has 1 saturated heterocycles. The number of anilines is 3. The van der Waals surface area contributed by atoms with Crippen molar-refractivity contribution in [1.29, 1.82) is 0 Å². The van der Waals surface area contributed by atoms with E-state index in [1.165, 1.54) is 12.4 Å². The standard InChI is InChI=1S/C30H37N9.C3H4O/c1-20(2)27-18-37-38-19-36-30(35-16-21-10-12-32-15-21)39-29(27)34-17-23-6-4-5-7-25(23)28-26-9-8-24(31-3)14-22(26)11-13-33-28;1-2-3-4/h4-9,11,13-14,18-21,31-32,37H,10,12,15-17H2,1-3H3,(H2,34,35,36,38,39);2-3H,1H2. The second kappa shape index (κ2) is 16.0. The van der Waals surface area contributed by atoms with Gasteiger partial charge in [-0.2, -0.15) is 15.1 Å². The van der Waals surface area contributed by atoms with Crippen LogP contribution in [0.4, 0.5) is 17.5 Å². The minimum atomic E-state index is 0.216. The van der Waals surface area contributed by atoms with Crippen molar-refractivity contribution in [2.45, 2.75) is 32.7 Å². The van der Waals surface area contributed by atoms with Gasteiger partial charge >= 0.3 is 0 Å². The highest BCUT2D eigenvalue weighted by Crippen LogP contribution is 2.31. The predicted molar refractivity (Wildman–Crippen MR) is 176 cm³/mol. The lowest BCUT2D eigenvalue weighted by molar-refractivity contribution is -0.104. The highest BCUT2D eigenvalue weighted by molar-refractivity contribution is 5.96. The molecule has 0 radical (unpaired) electrons. The summed E-state index contributed by atoms with van der Waals surface area (Å²) in [6.07, 6.45) is 8.25. The van der Waals surface area contributed by atoms with Crippen LogP contribution in [0.5, 0.6) is 0 Å². The highest BCUT2D eigenvalue weighted by Gasteiger charge is 2.15. The normalized spacial score (nSPS) is 13.9. The van der Waals surface area contributed by atoms with Crippen molar-refractivity contribution >= 4 is 34.5 Å². The minimum Gasteiger partial charge on any atom is -0.388 e. The molecular formula is C33H41N9O. The Balaban J connectivity index is 0.000000996. The van der Waals surface area contributed by atoms with E-state index >= 15 is 0 Å². The molecule has 224 valence electrons. The molecule has 3 heterocycles. The van der Waals surface area contributed by atoms with Gasteiger partial charge in [0.25, 0.3) is 0 Å². The number of carbonyl (C=O) groups is 1. The number of aldehydes is 1. The van der Waals surface area contributed by atoms with E-state index in [1.54, 1.807) is 0 Å². The molecule has 2 aromatic carbocycles.